The molecular weight excluding hydrogens is 360 g/mol. The Kier molecular flexibility index (Phi) is 4.27. The Morgan fingerprint density at radius 1 is 1.26 bits per heavy atom. The minimum atomic E-state index is 0.187. The highest BCUT2D eigenvalue weighted by Gasteiger charge is 2.31. The number of likely N-dealkylation sites (tertiary alicyclic amines) is 1. The summed E-state index contributed by atoms with van der Waals surface area (Å²) in [5.41, 5.74) is 0.844. The van der Waals surface area contributed by atoms with Crippen LogP contribution >= 0.6 is 11.3 Å². The first kappa shape index (κ1) is 16.3. The first-order valence-electron chi connectivity index (χ1n) is 8.91. The minimum absolute atomic E-state index is 0.187. The van der Waals surface area contributed by atoms with Gasteiger partial charge >= 0.3 is 0 Å². The summed E-state index contributed by atoms with van der Waals surface area (Å²) in [6.07, 6.45) is 9.26. The van der Waals surface area contributed by atoms with Crippen LogP contribution < -0.4 is 0 Å². The van der Waals surface area contributed by atoms with Crippen LogP contribution in [0.15, 0.2) is 59.1 Å². The van der Waals surface area contributed by atoms with Crippen molar-refractivity contribution in [2.45, 2.75) is 25.4 Å². The third kappa shape index (κ3) is 3.29. The van der Waals surface area contributed by atoms with Gasteiger partial charge in [-0.15, -0.1) is 11.3 Å². The van der Waals surface area contributed by atoms with Crippen molar-refractivity contribution in [2.75, 3.05) is 6.54 Å². The third-order valence-corrected chi connectivity index (χ3v) is 5.67. The SMILES string of the molecule is c1csc(CN2CCC[C@H]2c2nc(-c3ccc(-n4ccnc4)nc3)no2)c1. The van der Waals surface area contributed by atoms with Crippen molar-refractivity contribution in [1.29, 1.82) is 0 Å². The maximum Gasteiger partial charge on any atom is 0.244 e. The second kappa shape index (κ2) is 7.05. The third-order valence-electron chi connectivity index (χ3n) is 4.80. The molecule has 0 aromatic carbocycles. The van der Waals surface area contributed by atoms with E-state index in [4.69, 9.17) is 4.52 Å². The van der Waals surface area contributed by atoms with Gasteiger partial charge in [0.25, 0.3) is 0 Å². The summed E-state index contributed by atoms with van der Waals surface area (Å²) >= 11 is 1.79. The summed E-state index contributed by atoms with van der Waals surface area (Å²) in [5, 5.41) is 6.30. The van der Waals surface area contributed by atoms with E-state index < -0.39 is 0 Å². The highest BCUT2D eigenvalue weighted by molar-refractivity contribution is 7.09. The predicted octanol–water partition coefficient (Wildman–Crippen LogP) is 3.72. The van der Waals surface area contributed by atoms with Crippen LogP contribution in [0.4, 0.5) is 0 Å². The first-order valence-corrected chi connectivity index (χ1v) is 9.79. The zero-order valence-corrected chi connectivity index (χ0v) is 15.4. The van der Waals surface area contributed by atoms with E-state index in [0.29, 0.717) is 11.7 Å². The van der Waals surface area contributed by atoms with Crippen LogP contribution in [0, 0.1) is 0 Å². The van der Waals surface area contributed by atoms with Crippen LogP contribution in [0.25, 0.3) is 17.2 Å². The van der Waals surface area contributed by atoms with Crippen LogP contribution in [0.1, 0.15) is 29.7 Å². The highest BCUT2D eigenvalue weighted by atomic mass is 32.1. The van der Waals surface area contributed by atoms with Gasteiger partial charge in [0.1, 0.15) is 12.1 Å². The topological polar surface area (TPSA) is 72.9 Å². The van der Waals surface area contributed by atoms with Gasteiger partial charge in [-0.1, -0.05) is 11.2 Å². The van der Waals surface area contributed by atoms with Crippen LogP contribution in [0.2, 0.25) is 0 Å². The largest absolute Gasteiger partial charge is 0.337 e. The Morgan fingerprint density at radius 3 is 3.04 bits per heavy atom. The summed E-state index contributed by atoms with van der Waals surface area (Å²) in [6.45, 7) is 1.99. The number of rotatable bonds is 5. The monoisotopic (exact) mass is 378 g/mol. The second-order valence-corrected chi connectivity index (χ2v) is 7.57. The Morgan fingerprint density at radius 2 is 2.26 bits per heavy atom. The molecule has 0 N–H and O–H groups in total. The van der Waals surface area contributed by atoms with Crippen molar-refractivity contribution in [3.63, 3.8) is 0 Å². The van der Waals surface area contributed by atoms with Crippen LogP contribution in [-0.2, 0) is 6.54 Å². The molecule has 1 aliphatic heterocycles. The molecule has 4 aromatic heterocycles. The van der Waals surface area contributed by atoms with Crippen LogP contribution in [0.3, 0.4) is 0 Å². The molecule has 1 fully saturated rings. The van der Waals surface area contributed by atoms with Gasteiger partial charge in [0, 0.05) is 35.6 Å². The summed E-state index contributed by atoms with van der Waals surface area (Å²) < 4.78 is 7.47. The van der Waals surface area contributed by atoms with Gasteiger partial charge < -0.3 is 4.52 Å². The molecule has 136 valence electrons. The molecule has 27 heavy (non-hydrogen) atoms. The zero-order valence-electron chi connectivity index (χ0n) is 14.6. The number of pyridine rings is 1. The summed E-state index contributed by atoms with van der Waals surface area (Å²) in [7, 11) is 0. The quantitative estimate of drug-likeness (QED) is 0.527. The fourth-order valence-corrected chi connectivity index (χ4v) is 4.18. The standard InChI is InChI=1S/C19H18N6OS/c1-4-16(24(8-1)12-15-3-2-10-27-15)19-22-18(23-26-19)14-5-6-17(21-11-14)25-9-7-20-13-25/h2-3,5-7,9-11,13,16H,1,4,8,12H2/t16-/m0/s1. The fraction of sp³-hybridized carbons (Fsp3) is 0.263. The first-order chi connectivity index (χ1) is 13.4. The normalized spacial score (nSPS) is 17.6. The molecule has 1 saturated heterocycles. The summed E-state index contributed by atoms with van der Waals surface area (Å²) in [4.78, 5) is 16.9. The lowest BCUT2D eigenvalue weighted by Crippen LogP contribution is -2.22. The molecule has 0 unspecified atom stereocenters. The van der Waals surface area contributed by atoms with Gasteiger partial charge in [0.05, 0.1) is 6.04 Å². The maximum atomic E-state index is 5.61. The molecule has 7 nitrogen and oxygen atoms in total. The lowest BCUT2D eigenvalue weighted by atomic mass is 10.2. The molecule has 1 atom stereocenters. The molecule has 5 heterocycles. The average Bonchev–Trinajstić information content (AvgIpc) is 3.48. The zero-order chi connectivity index (χ0) is 18.1. The molecule has 0 saturated carbocycles. The van der Waals surface area contributed by atoms with Gasteiger partial charge in [0.15, 0.2) is 0 Å². The molecule has 5 rings (SSSR count). The minimum Gasteiger partial charge on any atom is -0.337 e. The van der Waals surface area contributed by atoms with E-state index >= 15 is 0 Å². The molecule has 0 amide bonds. The van der Waals surface area contributed by atoms with E-state index in [1.165, 1.54) is 4.88 Å². The number of hydrogen-bond acceptors (Lipinski definition) is 7. The second-order valence-electron chi connectivity index (χ2n) is 6.54. The number of hydrogen-bond donors (Lipinski definition) is 0. The number of aromatic nitrogens is 5. The van der Waals surface area contributed by atoms with E-state index in [9.17, 15) is 0 Å². The van der Waals surface area contributed by atoms with Crippen molar-refractivity contribution in [1.82, 2.24) is 29.6 Å². The summed E-state index contributed by atoms with van der Waals surface area (Å²) in [5.74, 6) is 2.08. The van der Waals surface area contributed by atoms with Crippen molar-refractivity contribution < 1.29 is 4.52 Å². The van der Waals surface area contributed by atoms with E-state index in [0.717, 1.165) is 37.3 Å². The van der Waals surface area contributed by atoms with Crippen LogP contribution in [-0.4, -0.2) is 36.1 Å². The van der Waals surface area contributed by atoms with Crippen LogP contribution in [0.5, 0.6) is 0 Å². The highest BCUT2D eigenvalue weighted by Crippen LogP contribution is 2.33. The Hall–Kier alpha value is -2.84. The number of thiophene rings is 1. The Labute approximate surface area is 160 Å². The van der Waals surface area contributed by atoms with E-state index in [-0.39, 0.29) is 6.04 Å². The van der Waals surface area contributed by atoms with E-state index in [1.807, 2.05) is 22.9 Å². The lowest BCUT2D eigenvalue weighted by Gasteiger charge is -2.20. The Balaban J connectivity index is 1.34. The van der Waals surface area contributed by atoms with Crippen molar-refractivity contribution >= 4 is 11.3 Å². The molecule has 0 bridgehead atoms. The summed E-state index contributed by atoms with van der Waals surface area (Å²) in [6, 6.07) is 8.33. The molecular formula is C19H18N6OS. The molecule has 4 aromatic rings. The van der Waals surface area contributed by atoms with Crippen molar-refractivity contribution in [2.24, 2.45) is 0 Å². The molecule has 0 radical (unpaired) electrons. The maximum absolute atomic E-state index is 5.61. The molecule has 1 aliphatic rings. The fourth-order valence-electron chi connectivity index (χ4n) is 3.45. The van der Waals surface area contributed by atoms with Gasteiger partial charge in [-0.2, -0.15) is 4.98 Å². The Bertz CT molecular complexity index is 993. The van der Waals surface area contributed by atoms with E-state index in [1.54, 1.807) is 30.1 Å². The van der Waals surface area contributed by atoms with Gasteiger partial charge in [0.2, 0.25) is 11.7 Å². The van der Waals surface area contributed by atoms with Gasteiger partial charge in [-0.25, -0.2) is 9.97 Å². The molecule has 0 spiro atoms. The average molecular weight is 378 g/mol. The lowest BCUT2D eigenvalue weighted by molar-refractivity contribution is 0.202. The van der Waals surface area contributed by atoms with Crippen molar-refractivity contribution in [3.05, 3.63) is 65.3 Å². The molecule has 0 aliphatic carbocycles. The van der Waals surface area contributed by atoms with E-state index in [2.05, 4.69) is 42.5 Å². The van der Waals surface area contributed by atoms with Crippen molar-refractivity contribution in [3.8, 4) is 17.2 Å². The number of nitrogens with zero attached hydrogens (tertiary/aromatic N) is 6. The van der Waals surface area contributed by atoms with Gasteiger partial charge in [-0.3, -0.25) is 9.47 Å². The number of imidazole rings is 1. The smallest absolute Gasteiger partial charge is 0.244 e. The van der Waals surface area contributed by atoms with Gasteiger partial charge in [-0.05, 0) is 43.0 Å². The molecule has 8 heteroatoms. The predicted molar refractivity (Wildman–Crippen MR) is 101 cm³/mol.